The summed E-state index contributed by atoms with van der Waals surface area (Å²) >= 11 is 1.43. The van der Waals surface area contributed by atoms with E-state index in [-0.39, 0.29) is 18.4 Å². The lowest BCUT2D eigenvalue weighted by Gasteiger charge is -2.18. The van der Waals surface area contributed by atoms with E-state index in [2.05, 4.69) is 10.6 Å². The molecule has 4 aromatic rings. The Morgan fingerprint density at radius 2 is 1.42 bits per heavy atom. The van der Waals surface area contributed by atoms with Gasteiger partial charge in [-0.1, -0.05) is 60.7 Å². The maximum atomic E-state index is 13.3. The van der Waals surface area contributed by atoms with Gasteiger partial charge in [-0.15, -0.1) is 11.8 Å². The summed E-state index contributed by atoms with van der Waals surface area (Å²) in [5.41, 5.74) is 2.14. The fourth-order valence-corrected chi connectivity index (χ4v) is 4.49. The van der Waals surface area contributed by atoms with Crippen molar-refractivity contribution in [1.82, 2.24) is 0 Å². The number of thioether (sulfide) groups is 1. The van der Waals surface area contributed by atoms with Crippen LogP contribution in [0.15, 0.2) is 114 Å². The summed E-state index contributed by atoms with van der Waals surface area (Å²) in [6, 6.07) is 33.5. The van der Waals surface area contributed by atoms with Crippen molar-refractivity contribution in [3.05, 3.63) is 115 Å². The first-order valence-electron chi connectivity index (χ1n) is 11.4. The van der Waals surface area contributed by atoms with Crippen molar-refractivity contribution in [3.8, 4) is 11.5 Å². The number of carbonyl (C=O) groups excluding carboxylic acids is 2. The SMILES string of the molecule is COc1ccccc1NC(=O)C(Sc1ccc(NC(=O)COc2ccccc2)cc1)c1ccccc1. The van der Waals surface area contributed by atoms with Crippen molar-refractivity contribution in [3.63, 3.8) is 0 Å². The topological polar surface area (TPSA) is 76.7 Å². The fraction of sp³-hybridized carbons (Fsp3) is 0.103. The molecule has 0 saturated carbocycles. The van der Waals surface area contributed by atoms with Gasteiger partial charge in [-0.25, -0.2) is 0 Å². The van der Waals surface area contributed by atoms with Crippen molar-refractivity contribution < 1.29 is 19.1 Å². The van der Waals surface area contributed by atoms with Crippen molar-refractivity contribution in [2.75, 3.05) is 24.4 Å². The van der Waals surface area contributed by atoms with Gasteiger partial charge in [-0.2, -0.15) is 0 Å². The van der Waals surface area contributed by atoms with Crippen LogP contribution in [0.2, 0.25) is 0 Å². The molecule has 1 atom stereocenters. The molecule has 1 unspecified atom stereocenters. The van der Waals surface area contributed by atoms with E-state index >= 15 is 0 Å². The van der Waals surface area contributed by atoms with Gasteiger partial charge in [-0.3, -0.25) is 9.59 Å². The minimum atomic E-state index is -0.490. The highest BCUT2D eigenvalue weighted by molar-refractivity contribution is 8.00. The molecule has 2 amide bonds. The van der Waals surface area contributed by atoms with Gasteiger partial charge < -0.3 is 20.1 Å². The van der Waals surface area contributed by atoms with Crippen LogP contribution in [-0.4, -0.2) is 25.5 Å². The first-order valence-corrected chi connectivity index (χ1v) is 12.2. The number of amides is 2. The average molecular weight is 499 g/mol. The Hall–Kier alpha value is -4.23. The predicted molar refractivity (Wildman–Crippen MR) is 144 cm³/mol. The Morgan fingerprint density at radius 1 is 0.778 bits per heavy atom. The molecule has 0 spiro atoms. The van der Waals surface area contributed by atoms with Gasteiger partial charge >= 0.3 is 0 Å². The van der Waals surface area contributed by atoms with Crippen molar-refractivity contribution >= 4 is 35.0 Å². The van der Waals surface area contributed by atoms with Gasteiger partial charge in [0.15, 0.2) is 6.61 Å². The summed E-state index contributed by atoms with van der Waals surface area (Å²) in [5.74, 6) is 0.820. The molecule has 0 fully saturated rings. The molecule has 182 valence electrons. The number of benzene rings is 4. The Morgan fingerprint density at radius 3 is 2.11 bits per heavy atom. The molecular weight excluding hydrogens is 472 g/mol. The molecule has 0 bridgehead atoms. The van der Waals surface area contributed by atoms with Crippen LogP contribution >= 0.6 is 11.8 Å². The Balaban J connectivity index is 1.42. The molecule has 0 saturated heterocycles. The number of hydrogen-bond donors (Lipinski definition) is 2. The number of anilines is 2. The number of carbonyl (C=O) groups is 2. The third kappa shape index (κ3) is 6.90. The van der Waals surface area contributed by atoms with Crippen molar-refractivity contribution in [2.24, 2.45) is 0 Å². The Labute approximate surface area is 214 Å². The molecule has 4 aromatic carbocycles. The quantitative estimate of drug-likeness (QED) is 0.255. The standard InChI is InChI=1S/C29H26N2O4S/c1-34-26-15-9-8-14-25(26)31-29(33)28(21-10-4-2-5-11-21)36-24-18-16-22(17-19-24)30-27(32)20-35-23-12-6-3-7-13-23/h2-19,28H,20H2,1H3,(H,30,32)(H,31,33). The highest BCUT2D eigenvalue weighted by Gasteiger charge is 2.23. The third-order valence-electron chi connectivity index (χ3n) is 5.21. The summed E-state index contributed by atoms with van der Waals surface area (Å²) in [6.45, 7) is -0.0836. The van der Waals surface area contributed by atoms with E-state index in [4.69, 9.17) is 9.47 Å². The average Bonchev–Trinajstić information content (AvgIpc) is 2.93. The summed E-state index contributed by atoms with van der Waals surface area (Å²) < 4.78 is 10.9. The molecule has 0 aliphatic heterocycles. The number of methoxy groups -OCH3 is 1. The van der Waals surface area contributed by atoms with E-state index in [9.17, 15) is 9.59 Å². The van der Waals surface area contributed by atoms with Crippen molar-refractivity contribution in [1.29, 1.82) is 0 Å². The molecule has 2 N–H and O–H groups in total. The van der Waals surface area contributed by atoms with E-state index in [1.807, 2.05) is 91.0 Å². The zero-order valence-electron chi connectivity index (χ0n) is 19.7. The minimum absolute atomic E-state index is 0.0836. The van der Waals surface area contributed by atoms with Crippen LogP contribution < -0.4 is 20.1 Å². The maximum Gasteiger partial charge on any atom is 0.262 e. The van der Waals surface area contributed by atoms with Crippen LogP contribution in [0.5, 0.6) is 11.5 Å². The zero-order chi connectivity index (χ0) is 25.2. The Bertz CT molecular complexity index is 1280. The van der Waals surface area contributed by atoms with Crippen LogP contribution in [0.1, 0.15) is 10.8 Å². The lowest BCUT2D eigenvalue weighted by molar-refractivity contribution is -0.118. The second kappa shape index (κ2) is 12.5. The molecule has 36 heavy (non-hydrogen) atoms. The van der Waals surface area contributed by atoms with Crippen LogP contribution in [0, 0.1) is 0 Å². The van der Waals surface area contributed by atoms with Gasteiger partial charge in [0.25, 0.3) is 5.91 Å². The van der Waals surface area contributed by atoms with Gasteiger partial charge in [-0.05, 0) is 54.1 Å². The molecule has 0 radical (unpaired) electrons. The lowest BCUT2D eigenvalue weighted by atomic mass is 10.1. The van der Waals surface area contributed by atoms with Gasteiger partial charge in [0, 0.05) is 10.6 Å². The largest absolute Gasteiger partial charge is 0.495 e. The van der Waals surface area contributed by atoms with Crippen LogP contribution in [0.4, 0.5) is 11.4 Å². The highest BCUT2D eigenvalue weighted by atomic mass is 32.2. The normalized spacial score (nSPS) is 11.2. The van der Waals surface area contributed by atoms with Crippen molar-refractivity contribution in [2.45, 2.75) is 10.1 Å². The molecule has 0 aliphatic rings. The second-order valence-corrected chi connectivity index (χ2v) is 8.95. The third-order valence-corrected chi connectivity index (χ3v) is 6.48. The summed E-state index contributed by atoms with van der Waals surface area (Å²) in [5, 5.41) is 5.33. The molecular formula is C29H26N2O4S. The fourth-order valence-electron chi connectivity index (χ4n) is 3.46. The van der Waals surface area contributed by atoms with E-state index in [1.54, 1.807) is 25.3 Å². The number of rotatable bonds is 10. The van der Waals surface area contributed by atoms with E-state index in [0.717, 1.165) is 10.5 Å². The molecule has 0 heterocycles. The van der Waals surface area contributed by atoms with Gasteiger partial charge in [0.2, 0.25) is 5.91 Å². The summed E-state index contributed by atoms with van der Waals surface area (Å²) in [7, 11) is 1.57. The van der Waals surface area contributed by atoms with Crippen LogP contribution in [0.3, 0.4) is 0 Å². The molecule has 4 rings (SSSR count). The minimum Gasteiger partial charge on any atom is -0.495 e. The predicted octanol–water partition coefficient (Wildman–Crippen LogP) is 6.18. The number of para-hydroxylation sites is 3. The first-order chi connectivity index (χ1) is 17.6. The monoisotopic (exact) mass is 498 g/mol. The van der Waals surface area contributed by atoms with Gasteiger partial charge in [0.05, 0.1) is 12.8 Å². The smallest absolute Gasteiger partial charge is 0.262 e. The van der Waals surface area contributed by atoms with Gasteiger partial charge in [0.1, 0.15) is 16.7 Å². The first kappa shape index (κ1) is 24.9. The highest BCUT2D eigenvalue weighted by Crippen LogP contribution is 2.37. The zero-order valence-corrected chi connectivity index (χ0v) is 20.5. The Kier molecular flexibility index (Phi) is 8.62. The van der Waals surface area contributed by atoms with Crippen LogP contribution in [-0.2, 0) is 9.59 Å². The molecule has 6 nitrogen and oxygen atoms in total. The number of hydrogen-bond acceptors (Lipinski definition) is 5. The van der Waals surface area contributed by atoms with E-state index in [0.29, 0.717) is 22.9 Å². The molecule has 0 aromatic heterocycles. The maximum absolute atomic E-state index is 13.3. The molecule has 7 heteroatoms. The van der Waals surface area contributed by atoms with E-state index < -0.39 is 5.25 Å². The molecule has 0 aliphatic carbocycles. The summed E-state index contributed by atoms with van der Waals surface area (Å²) in [6.07, 6.45) is 0. The summed E-state index contributed by atoms with van der Waals surface area (Å²) in [4.78, 5) is 26.5. The van der Waals surface area contributed by atoms with E-state index in [1.165, 1.54) is 11.8 Å². The lowest BCUT2D eigenvalue weighted by Crippen LogP contribution is -2.20. The number of nitrogens with one attached hydrogen (secondary N) is 2. The van der Waals surface area contributed by atoms with Crippen LogP contribution in [0.25, 0.3) is 0 Å². The second-order valence-electron chi connectivity index (χ2n) is 7.77. The number of ether oxygens (including phenoxy) is 2.